The van der Waals surface area contributed by atoms with Gasteiger partial charge in [-0.1, -0.05) is 11.6 Å². The van der Waals surface area contributed by atoms with E-state index in [1.807, 2.05) is 18.2 Å². The molecule has 0 saturated heterocycles. The summed E-state index contributed by atoms with van der Waals surface area (Å²) in [4.78, 5) is 4.21. The first-order valence-electron chi connectivity index (χ1n) is 5.31. The summed E-state index contributed by atoms with van der Waals surface area (Å²) in [6.07, 6.45) is 5.18. The molecule has 0 atom stereocenters. The number of hydrogen-bond acceptors (Lipinski definition) is 4. The van der Waals surface area contributed by atoms with Crippen LogP contribution in [0.2, 0.25) is 5.02 Å². The van der Waals surface area contributed by atoms with Crippen molar-refractivity contribution in [3.63, 3.8) is 0 Å². The van der Waals surface area contributed by atoms with Crippen LogP contribution in [0.25, 0.3) is 0 Å². The lowest BCUT2D eigenvalue weighted by Crippen LogP contribution is -2.16. The van der Waals surface area contributed by atoms with Crippen molar-refractivity contribution in [1.82, 2.24) is 10.3 Å². The van der Waals surface area contributed by atoms with Gasteiger partial charge in [-0.25, -0.2) is 4.98 Å². The van der Waals surface area contributed by atoms with E-state index in [4.69, 9.17) is 16.0 Å². The number of thioether (sulfide) groups is 1. The van der Waals surface area contributed by atoms with Gasteiger partial charge in [-0.3, -0.25) is 0 Å². The van der Waals surface area contributed by atoms with Crippen molar-refractivity contribution in [1.29, 1.82) is 0 Å². The Morgan fingerprint density at radius 2 is 2.35 bits per heavy atom. The zero-order chi connectivity index (χ0) is 11.9. The van der Waals surface area contributed by atoms with Crippen molar-refractivity contribution in [3.05, 3.63) is 47.5 Å². The number of aromatic nitrogens is 1. The molecule has 1 N–H and O–H groups in total. The molecule has 0 radical (unpaired) electrons. The van der Waals surface area contributed by atoms with Crippen LogP contribution in [0.3, 0.4) is 0 Å². The van der Waals surface area contributed by atoms with Gasteiger partial charge in [0, 0.05) is 30.6 Å². The van der Waals surface area contributed by atoms with Gasteiger partial charge in [0.1, 0.15) is 5.03 Å². The molecule has 17 heavy (non-hydrogen) atoms. The Morgan fingerprint density at radius 1 is 1.41 bits per heavy atom. The highest BCUT2D eigenvalue weighted by Crippen LogP contribution is 2.23. The highest BCUT2D eigenvalue weighted by atomic mass is 35.5. The molecular weight excluding hydrogens is 256 g/mol. The number of furan rings is 1. The van der Waals surface area contributed by atoms with E-state index < -0.39 is 0 Å². The standard InChI is InChI=1S/C12H13ClN2OS/c13-11-2-1-4-15-12(11)17-7-5-14-8-10-3-6-16-9-10/h1-4,6,9,14H,5,7-8H2. The summed E-state index contributed by atoms with van der Waals surface area (Å²) in [6, 6.07) is 5.65. The molecule has 0 aromatic carbocycles. The van der Waals surface area contributed by atoms with Crippen LogP contribution in [0.4, 0.5) is 0 Å². The second-order valence-corrected chi connectivity index (χ2v) is 4.94. The molecule has 2 aromatic rings. The quantitative estimate of drug-likeness (QED) is 0.645. The van der Waals surface area contributed by atoms with Crippen molar-refractivity contribution < 1.29 is 4.42 Å². The summed E-state index contributed by atoms with van der Waals surface area (Å²) in [6.45, 7) is 1.73. The number of nitrogens with one attached hydrogen (secondary N) is 1. The van der Waals surface area contributed by atoms with Crippen LogP contribution >= 0.6 is 23.4 Å². The Labute approximate surface area is 110 Å². The molecule has 0 saturated carbocycles. The minimum atomic E-state index is 0.715. The molecule has 0 aliphatic rings. The monoisotopic (exact) mass is 268 g/mol. The summed E-state index contributed by atoms with van der Waals surface area (Å²) in [5.41, 5.74) is 1.16. The summed E-state index contributed by atoms with van der Waals surface area (Å²) in [7, 11) is 0. The molecule has 2 rings (SSSR count). The first kappa shape index (κ1) is 12.5. The maximum atomic E-state index is 6.00. The lowest BCUT2D eigenvalue weighted by Gasteiger charge is -2.03. The van der Waals surface area contributed by atoms with Gasteiger partial charge in [0.25, 0.3) is 0 Å². The van der Waals surface area contributed by atoms with E-state index in [0.717, 1.165) is 29.4 Å². The fraction of sp³-hybridized carbons (Fsp3) is 0.250. The van der Waals surface area contributed by atoms with Crippen LogP contribution in [0.5, 0.6) is 0 Å². The molecule has 0 spiro atoms. The third-order valence-electron chi connectivity index (χ3n) is 2.15. The normalized spacial score (nSPS) is 10.6. The first-order chi connectivity index (χ1) is 8.36. The van der Waals surface area contributed by atoms with Crippen molar-refractivity contribution in [2.24, 2.45) is 0 Å². The molecule has 90 valence electrons. The molecular formula is C12H13ClN2OS. The SMILES string of the molecule is Clc1cccnc1SCCNCc1ccoc1. The van der Waals surface area contributed by atoms with E-state index in [1.54, 1.807) is 30.5 Å². The molecule has 2 aromatic heterocycles. The van der Waals surface area contributed by atoms with Crippen LogP contribution in [0.1, 0.15) is 5.56 Å². The molecule has 0 unspecified atom stereocenters. The van der Waals surface area contributed by atoms with Crippen LogP contribution < -0.4 is 5.32 Å². The zero-order valence-corrected chi connectivity index (χ0v) is 10.8. The first-order valence-corrected chi connectivity index (χ1v) is 6.68. The minimum absolute atomic E-state index is 0.715. The largest absolute Gasteiger partial charge is 0.472 e. The fourth-order valence-electron chi connectivity index (χ4n) is 1.32. The molecule has 0 fully saturated rings. The van der Waals surface area contributed by atoms with Gasteiger partial charge >= 0.3 is 0 Å². The van der Waals surface area contributed by atoms with E-state index >= 15 is 0 Å². The fourth-order valence-corrected chi connectivity index (χ4v) is 2.39. The van der Waals surface area contributed by atoms with Crippen LogP contribution in [0.15, 0.2) is 46.4 Å². The van der Waals surface area contributed by atoms with Crippen molar-refractivity contribution in [2.75, 3.05) is 12.3 Å². The smallest absolute Gasteiger partial charge is 0.115 e. The van der Waals surface area contributed by atoms with E-state index in [0.29, 0.717) is 5.02 Å². The van der Waals surface area contributed by atoms with Gasteiger partial charge in [-0.15, -0.1) is 11.8 Å². The Morgan fingerprint density at radius 3 is 3.12 bits per heavy atom. The Bertz CT molecular complexity index is 448. The van der Waals surface area contributed by atoms with Gasteiger partial charge in [0.15, 0.2) is 0 Å². The van der Waals surface area contributed by atoms with Crippen LogP contribution in [0, 0.1) is 0 Å². The summed E-state index contributed by atoms with van der Waals surface area (Å²) in [5.74, 6) is 0.939. The van der Waals surface area contributed by atoms with Crippen molar-refractivity contribution >= 4 is 23.4 Å². The summed E-state index contributed by atoms with van der Waals surface area (Å²) < 4.78 is 4.98. The average molecular weight is 269 g/mol. The van der Waals surface area contributed by atoms with Gasteiger partial charge in [-0.05, 0) is 18.2 Å². The third kappa shape index (κ3) is 4.07. The van der Waals surface area contributed by atoms with Gasteiger partial charge < -0.3 is 9.73 Å². The van der Waals surface area contributed by atoms with Gasteiger partial charge in [0.05, 0.1) is 17.5 Å². The maximum Gasteiger partial charge on any atom is 0.115 e. The molecule has 0 aliphatic heterocycles. The number of rotatable bonds is 6. The summed E-state index contributed by atoms with van der Waals surface area (Å²) in [5, 5.41) is 4.93. The summed E-state index contributed by atoms with van der Waals surface area (Å²) >= 11 is 7.66. The van der Waals surface area contributed by atoms with E-state index in [9.17, 15) is 0 Å². The number of pyridine rings is 1. The zero-order valence-electron chi connectivity index (χ0n) is 9.23. The molecule has 2 heterocycles. The van der Waals surface area contributed by atoms with Gasteiger partial charge in [0.2, 0.25) is 0 Å². The highest BCUT2D eigenvalue weighted by molar-refractivity contribution is 7.99. The highest BCUT2D eigenvalue weighted by Gasteiger charge is 2.00. The van der Waals surface area contributed by atoms with Crippen LogP contribution in [-0.4, -0.2) is 17.3 Å². The van der Waals surface area contributed by atoms with E-state index in [2.05, 4.69) is 10.3 Å². The number of nitrogens with zero attached hydrogens (tertiary/aromatic N) is 1. The number of halogens is 1. The third-order valence-corrected chi connectivity index (χ3v) is 3.58. The van der Waals surface area contributed by atoms with Crippen molar-refractivity contribution in [3.8, 4) is 0 Å². The predicted octanol–water partition coefficient (Wildman–Crippen LogP) is 3.21. The Hall–Kier alpha value is -0.970. The predicted molar refractivity (Wildman–Crippen MR) is 70.4 cm³/mol. The lowest BCUT2D eigenvalue weighted by molar-refractivity contribution is 0.561. The van der Waals surface area contributed by atoms with Crippen LogP contribution in [-0.2, 0) is 6.54 Å². The van der Waals surface area contributed by atoms with Crippen molar-refractivity contribution in [2.45, 2.75) is 11.6 Å². The number of hydrogen-bond donors (Lipinski definition) is 1. The molecule has 0 bridgehead atoms. The lowest BCUT2D eigenvalue weighted by atomic mass is 10.3. The molecule has 0 amide bonds. The topological polar surface area (TPSA) is 38.1 Å². The maximum absolute atomic E-state index is 6.00. The Kier molecular flexibility index (Phi) is 4.91. The second kappa shape index (κ2) is 6.69. The molecule has 0 aliphatic carbocycles. The average Bonchev–Trinajstić information content (AvgIpc) is 2.84. The van der Waals surface area contributed by atoms with E-state index in [-0.39, 0.29) is 0 Å². The molecule has 5 heteroatoms. The molecule has 3 nitrogen and oxygen atoms in total. The Balaban J connectivity index is 1.65. The van der Waals surface area contributed by atoms with Gasteiger partial charge in [-0.2, -0.15) is 0 Å². The minimum Gasteiger partial charge on any atom is -0.472 e. The second-order valence-electron chi connectivity index (χ2n) is 3.45. The van der Waals surface area contributed by atoms with E-state index in [1.165, 1.54) is 0 Å².